The van der Waals surface area contributed by atoms with E-state index in [-0.39, 0.29) is 17.4 Å². The summed E-state index contributed by atoms with van der Waals surface area (Å²) in [6.07, 6.45) is 2.67. The summed E-state index contributed by atoms with van der Waals surface area (Å²) in [5.74, 6) is 0.277. The van der Waals surface area contributed by atoms with Gasteiger partial charge in [0.25, 0.3) is 0 Å². The van der Waals surface area contributed by atoms with Crippen LogP contribution in [0.1, 0.15) is 38.3 Å². The van der Waals surface area contributed by atoms with Gasteiger partial charge in [-0.05, 0) is 57.5 Å². The van der Waals surface area contributed by atoms with Gasteiger partial charge in [-0.25, -0.2) is 9.82 Å². The van der Waals surface area contributed by atoms with Gasteiger partial charge in [0.15, 0.2) is 0 Å². The monoisotopic (exact) mass is 320 g/mol. The van der Waals surface area contributed by atoms with Crippen LogP contribution in [0.4, 0.5) is 4.39 Å². The quantitative estimate of drug-likeness (QED) is 0.750. The first kappa shape index (κ1) is 16.8. The summed E-state index contributed by atoms with van der Waals surface area (Å²) >= 11 is 0. The molecule has 23 heavy (non-hydrogen) atoms. The van der Waals surface area contributed by atoms with Crippen LogP contribution >= 0.6 is 0 Å². The molecule has 2 aliphatic rings. The molecule has 4 nitrogen and oxygen atoms in total. The largest absolute Gasteiger partial charge is 0.310 e. The molecule has 128 valence electrons. The molecule has 2 atom stereocenters. The molecule has 0 spiro atoms. The Morgan fingerprint density at radius 2 is 1.91 bits per heavy atom. The Morgan fingerprint density at radius 3 is 2.61 bits per heavy atom. The smallest absolute Gasteiger partial charge is 0.123 e. The lowest BCUT2D eigenvalue weighted by Crippen LogP contribution is -2.50. The first-order valence-corrected chi connectivity index (χ1v) is 8.75. The zero-order valence-corrected chi connectivity index (χ0v) is 14.2. The van der Waals surface area contributed by atoms with Gasteiger partial charge in [-0.2, -0.15) is 0 Å². The summed E-state index contributed by atoms with van der Waals surface area (Å²) in [5, 5.41) is 3.74. The molecular formula is C18H29FN4. The van der Waals surface area contributed by atoms with Crippen molar-refractivity contribution in [1.29, 1.82) is 0 Å². The first-order valence-electron chi connectivity index (χ1n) is 8.75. The molecule has 5 heteroatoms. The highest BCUT2D eigenvalue weighted by molar-refractivity contribution is 5.21. The number of rotatable bonds is 6. The third kappa shape index (κ3) is 4.51. The van der Waals surface area contributed by atoms with Gasteiger partial charge in [0.2, 0.25) is 0 Å². The SMILES string of the molecule is CC(C)(CN1CCCC1)NCC1CNNC1c1ccc(F)cc1. The molecular weight excluding hydrogens is 291 g/mol. The van der Waals surface area contributed by atoms with Crippen molar-refractivity contribution in [2.24, 2.45) is 5.92 Å². The number of nitrogens with one attached hydrogen (secondary N) is 3. The zero-order chi connectivity index (χ0) is 16.3. The molecule has 0 amide bonds. The van der Waals surface area contributed by atoms with E-state index in [0.29, 0.717) is 5.92 Å². The van der Waals surface area contributed by atoms with Gasteiger partial charge < -0.3 is 10.2 Å². The van der Waals surface area contributed by atoms with E-state index in [1.54, 1.807) is 0 Å². The van der Waals surface area contributed by atoms with Gasteiger partial charge in [0.05, 0.1) is 6.04 Å². The summed E-state index contributed by atoms with van der Waals surface area (Å²) in [6, 6.07) is 7.06. The van der Waals surface area contributed by atoms with Crippen LogP contribution in [0.15, 0.2) is 24.3 Å². The lowest BCUT2D eigenvalue weighted by molar-refractivity contribution is 0.226. The predicted molar refractivity (Wildman–Crippen MR) is 91.5 cm³/mol. The fourth-order valence-electron chi connectivity index (χ4n) is 3.71. The second-order valence-corrected chi connectivity index (χ2v) is 7.56. The molecule has 1 aromatic rings. The van der Waals surface area contributed by atoms with Crippen molar-refractivity contribution < 1.29 is 4.39 Å². The molecule has 3 rings (SSSR count). The second kappa shape index (κ2) is 7.26. The van der Waals surface area contributed by atoms with Crippen LogP contribution in [-0.2, 0) is 0 Å². The van der Waals surface area contributed by atoms with Crippen molar-refractivity contribution in [3.8, 4) is 0 Å². The maximum Gasteiger partial charge on any atom is 0.123 e. The normalized spacial score (nSPS) is 26.0. The van der Waals surface area contributed by atoms with Gasteiger partial charge in [-0.1, -0.05) is 12.1 Å². The maximum absolute atomic E-state index is 13.1. The van der Waals surface area contributed by atoms with Crippen LogP contribution in [0.25, 0.3) is 0 Å². The minimum Gasteiger partial charge on any atom is -0.310 e. The summed E-state index contributed by atoms with van der Waals surface area (Å²) in [7, 11) is 0. The Bertz CT molecular complexity index is 496. The number of likely N-dealkylation sites (tertiary alicyclic amines) is 1. The average molecular weight is 320 g/mol. The first-order chi connectivity index (χ1) is 11.0. The van der Waals surface area contributed by atoms with Crippen LogP contribution in [0, 0.1) is 11.7 Å². The molecule has 0 aromatic heterocycles. The fourth-order valence-corrected chi connectivity index (χ4v) is 3.71. The van der Waals surface area contributed by atoms with Gasteiger partial charge in [-0.15, -0.1) is 0 Å². The van der Waals surface area contributed by atoms with E-state index in [1.807, 2.05) is 12.1 Å². The fraction of sp³-hybridized carbons (Fsp3) is 0.667. The van der Waals surface area contributed by atoms with Crippen LogP contribution in [0.2, 0.25) is 0 Å². The molecule has 1 aromatic carbocycles. The summed E-state index contributed by atoms with van der Waals surface area (Å²) in [6.45, 7) is 10.0. The highest BCUT2D eigenvalue weighted by Crippen LogP contribution is 2.25. The van der Waals surface area contributed by atoms with Crippen molar-refractivity contribution in [2.45, 2.75) is 38.3 Å². The van der Waals surface area contributed by atoms with E-state index in [0.717, 1.165) is 25.2 Å². The third-order valence-corrected chi connectivity index (χ3v) is 4.98. The Morgan fingerprint density at radius 1 is 1.22 bits per heavy atom. The number of benzene rings is 1. The summed E-state index contributed by atoms with van der Waals surface area (Å²) in [5.41, 5.74) is 7.83. The minimum absolute atomic E-state index is 0.111. The third-order valence-electron chi connectivity index (χ3n) is 4.98. The van der Waals surface area contributed by atoms with Crippen LogP contribution in [0.3, 0.4) is 0 Å². The molecule has 0 bridgehead atoms. The minimum atomic E-state index is -0.180. The predicted octanol–water partition coefficient (Wildman–Crippen LogP) is 2.05. The van der Waals surface area contributed by atoms with Crippen LogP contribution in [0.5, 0.6) is 0 Å². The van der Waals surface area contributed by atoms with Gasteiger partial charge in [0, 0.05) is 31.1 Å². The highest BCUT2D eigenvalue weighted by Gasteiger charge is 2.30. The van der Waals surface area contributed by atoms with Crippen LogP contribution in [-0.4, -0.2) is 43.2 Å². The molecule has 2 aliphatic heterocycles. The molecule has 0 aliphatic carbocycles. The van der Waals surface area contributed by atoms with Gasteiger partial charge in [0.1, 0.15) is 5.82 Å². The topological polar surface area (TPSA) is 39.3 Å². The Kier molecular flexibility index (Phi) is 5.31. The highest BCUT2D eigenvalue weighted by atomic mass is 19.1. The Labute approximate surface area is 138 Å². The van der Waals surface area contributed by atoms with Crippen molar-refractivity contribution in [3.05, 3.63) is 35.6 Å². The van der Waals surface area contributed by atoms with Crippen molar-refractivity contribution >= 4 is 0 Å². The number of nitrogens with zero attached hydrogens (tertiary/aromatic N) is 1. The molecule has 2 heterocycles. The molecule has 2 saturated heterocycles. The number of halogens is 1. The molecule has 3 N–H and O–H groups in total. The standard InChI is InChI=1S/C18H29FN4/c1-18(2,13-23-9-3-4-10-23)20-11-15-12-21-22-17(15)14-5-7-16(19)8-6-14/h5-8,15,17,20-22H,3-4,9-13H2,1-2H3. The van der Waals surface area contributed by atoms with E-state index in [1.165, 1.54) is 38.1 Å². The zero-order valence-electron chi connectivity index (χ0n) is 14.2. The molecule has 0 saturated carbocycles. The van der Waals surface area contributed by atoms with E-state index < -0.39 is 0 Å². The van der Waals surface area contributed by atoms with E-state index >= 15 is 0 Å². The summed E-state index contributed by atoms with van der Waals surface area (Å²) in [4.78, 5) is 2.55. The van der Waals surface area contributed by atoms with Crippen LogP contribution < -0.4 is 16.2 Å². The lowest BCUT2D eigenvalue weighted by Gasteiger charge is -2.33. The van der Waals surface area contributed by atoms with Gasteiger partial charge in [-0.3, -0.25) is 5.43 Å². The molecule has 0 radical (unpaired) electrons. The van der Waals surface area contributed by atoms with Crippen molar-refractivity contribution in [3.63, 3.8) is 0 Å². The number of hydrogen-bond acceptors (Lipinski definition) is 4. The van der Waals surface area contributed by atoms with Gasteiger partial charge >= 0.3 is 0 Å². The molecule has 2 unspecified atom stereocenters. The van der Waals surface area contributed by atoms with E-state index in [4.69, 9.17) is 0 Å². The second-order valence-electron chi connectivity index (χ2n) is 7.56. The summed E-state index contributed by atoms with van der Waals surface area (Å²) < 4.78 is 13.1. The van der Waals surface area contributed by atoms with Crippen molar-refractivity contribution in [2.75, 3.05) is 32.7 Å². The number of hydrogen-bond donors (Lipinski definition) is 3. The van der Waals surface area contributed by atoms with E-state index in [2.05, 4.69) is 34.9 Å². The van der Waals surface area contributed by atoms with E-state index in [9.17, 15) is 4.39 Å². The molecule has 2 fully saturated rings. The lowest BCUT2D eigenvalue weighted by atomic mass is 9.93. The Balaban J connectivity index is 1.54. The maximum atomic E-state index is 13.1. The van der Waals surface area contributed by atoms with Crippen molar-refractivity contribution in [1.82, 2.24) is 21.1 Å². The average Bonchev–Trinajstić information content (AvgIpc) is 3.17. The number of hydrazine groups is 1. The Hall–Kier alpha value is -1.01.